The van der Waals surface area contributed by atoms with Gasteiger partial charge in [0.15, 0.2) is 0 Å². The van der Waals surface area contributed by atoms with Crippen LogP contribution in [0.5, 0.6) is 0 Å². The Morgan fingerprint density at radius 1 is 1.73 bits per heavy atom. The van der Waals surface area contributed by atoms with E-state index in [0.29, 0.717) is 19.4 Å². The summed E-state index contributed by atoms with van der Waals surface area (Å²) in [6.45, 7) is 0.502. The van der Waals surface area contributed by atoms with Crippen molar-refractivity contribution >= 4 is 6.41 Å². The van der Waals surface area contributed by atoms with Gasteiger partial charge < -0.3 is 9.74 Å². The Morgan fingerprint density at radius 2 is 2.36 bits per heavy atom. The van der Waals surface area contributed by atoms with Crippen molar-refractivity contribution in [3.63, 3.8) is 0 Å². The summed E-state index contributed by atoms with van der Waals surface area (Å²) in [6.07, 6.45) is 1.13. The molecule has 0 radical (unpaired) electrons. The van der Waals surface area contributed by atoms with E-state index >= 15 is 0 Å². The molecule has 0 aliphatic heterocycles. The number of hydrogen-bond acceptors (Lipinski definition) is 4. The lowest BCUT2D eigenvalue weighted by Gasteiger charge is -2.08. The molecule has 0 heterocycles. The fourth-order valence-electron chi connectivity index (χ4n) is 0.506. The second kappa shape index (κ2) is 5.45. The quantitative estimate of drug-likeness (QED) is 0.232. The zero-order chi connectivity index (χ0) is 8.69. The normalized spacial score (nSPS) is 8.82. The van der Waals surface area contributed by atoms with Gasteiger partial charge in [-0.2, -0.15) is 0 Å². The summed E-state index contributed by atoms with van der Waals surface area (Å²) in [6, 6.07) is 0. The minimum atomic E-state index is -0.846. The minimum Gasteiger partial charge on any atom is -0.348 e. The average Bonchev–Trinajstić information content (AvgIpc) is 1.97. The Kier molecular flexibility index (Phi) is 4.80. The Labute approximate surface area is 63.8 Å². The molecule has 0 unspecified atom stereocenters. The molecule has 0 aliphatic rings. The van der Waals surface area contributed by atoms with Gasteiger partial charge in [0.25, 0.3) is 5.09 Å². The number of hydrogen-bond donors (Lipinski definition) is 0. The van der Waals surface area contributed by atoms with Gasteiger partial charge in [0.1, 0.15) is 0 Å². The second-order valence-corrected chi connectivity index (χ2v) is 2.00. The SMILES string of the molecule is CN(C=O)CCCO[N+](=O)[O-]. The van der Waals surface area contributed by atoms with Gasteiger partial charge in [0.2, 0.25) is 6.41 Å². The maximum Gasteiger partial charge on any atom is 0.294 e. The van der Waals surface area contributed by atoms with Crippen LogP contribution in [0.2, 0.25) is 0 Å². The monoisotopic (exact) mass is 162 g/mol. The summed E-state index contributed by atoms with van der Waals surface area (Å²) in [5.41, 5.74) is 0. The summed E-state index contributed by atoms with van der Waals surface area (Å²) in [5, 5.41) is 8.77. The van der Waals surface area contributed by atoms with Crippen LogP contribution >= 0.6 is 0 Å². The molecule has 0 bridgehead atoms. The van der Waals surface area contributed by atoms with E-state index in [2.05, 4.69) is 4.84 Å². The maximum atomic E-state index is 9.98. The smallest absolute Gasteiger partial charge is 0.294 e. The number of carbonyl (C=O) groups is 1. The van der Waals surface area contributed by atoms with Crippen LogP contribution in [0.3, 0.4) is 0 Å². The Balaban J connectivity index is 3.14. The van der Waals surface area contributed by atoms with Gasteiger partial charge in [-0.15, -0.1) is 10.1 Å². The number of amides is 1. The van der Waals surface area contributed by atoms with Gasteiger partial charge in [0, 0.05) is 13.6 Å². The van der Waals surface area contributed by atoms with Crippen molar-refractivity contribution in [2.45, 2.75) is 6.42 Å². The van der Waals surface area contributed by atoms with Crippen molar-refractivity contribution in [1.82, 2.24) is 4.90 Å². The summed E-state index contributed by atoms with van der Waals surface area (Å²) in [4.78, 5) is 25.0. The fourth-order valence-corrected chi connectivity index (χ4v) is 0.506. The standard InChI is InChI=1S/C5H10N2O4/c1-6(5-8)3-2-4-11-7(9)10/h5H,2-4H2,1H3. The van der Waals surface area contributed by atoms with E-state index in [1.165, 1.54) is 4.90 Å². The van der Waals surface area contributed by atoms with Crippen molar-refractivity contribution < 1.29 is 14.7 Å². The summed E-state index contributed by atoms with van der Waals surface area (Å²) < 4.78 is 0. The van der Waals surface area contributed by atoms with Crippen LogP contribution in [-0.2, 0) is 9.63 Å². The topological polar surface area (TPSA) is 72.7 Å². The van der Waals surface area contributed by atoms with Gasteiger partial charge in [0.05, 0.1) is 6.61 Å². The summed E-state index contributed by atoms with van der Waals surface area (Å²) in [5.74, 6) is 0. The minimum absolute atomic E-state index is 0.0329. The maximum absolute atomic E-state index is 9.98. The third kappa shape index (κ3) is 6.56. The summed E-state index contributed by atoms with van der Waals surface area (Å²) >= 11 is 0. The van der Waals surface area contributed by atoms with Gasteiger partial charge >= 0.3 is 0 Å². The van der Waals surface area contributed by atoms with Crippen LogP contribution < -0.4 is 0 Å². The van der Waals surface area contributed by atoms with E-state index in [1.807, 2.05) is 0 Å². The highest BCUT2D eigenvalue weighted by Crippen LogP contribution is 1.85. The predicted octanol–water partition coefficient (Wildman–Crippen LogP) is -0.327. The highest BCUT2D eigenvalue weighted by atomic mass is 16.9. The van der Waals surface area contributed by atoms with E-state index in [-0.39, 0.29) is 6.61 Å². The molecule has 0 fully saturated rings. The summed E-state index contributed by atoms with van der Waals surface area (Å²) in [7, 11) is 1.60. The molecule has 0 aromatic rings. The molecule has 1 amide bonds. The van der Waals surface area contributed by atoms with E-state index in [4.69, 9.17) is 0 Å². The molecule has 11 heavy (non-hydrogen) atoms. The number of rotatable bonds is 6. The van der Waals surface area contributed by atoms with E-state index < -0.39 is 5.09 Å². The molecule has 0 aliphatic carbocycles. The second-order valence-electron chi connectivity index (χ2n) is 2.00. The van der Waals surface area contributed by atoms with Gasteiger partial charge in [-0.25, -0.2) is 0 Å². The largest absolute Gasteiger partial charge is 0.348 e. The van der Waals surface area contributed by atoms with Gasteiger partial charge in [-0.05, 0) is 6.42 Å². The van der Waals surface area contributed by atoms with Crippen LogP contribution in [0.15, 0.2) is 0 Å². The molecule has 0 spiro atoms. The highest BCUT2D eigenvalue weighted by Gasteiger charge is 1.96. The molecule has 0 aromatic heterocycles. The average molecular weight is 162 g/mol. The van der Waals surface area contributed by atoms with Crippen LogP contribution in [0.25, 0.3) is 0 Å². The third-order valence-electron chi connectivity index (χ3n) is 1.03. The van der Waals surface area contributed by atoms with E-state index in [9.17, 15) is 14.9 Å². The van der Waals surface area contributed by atoms with Crippen LogP contribution in [-0.4, -0.2) is 36.6 Å². The van der Waals surface area contributed by atoms with E-state index in [1.54, 1.807) is 7.05 Å². The molecule has 0 rings (SSSR count). The molecular formula is C5H10N2O4. The molecule has 0 saturated heterocycles. The lowest BCUT2D eigenvalue weighted by atomic mass is 10.4. The van der Waals surface area contributed by atoms with Crippen molar-refractivity contribution in [2.75, 3.05) is 20.2 Å². The Hall–Kier alpha value is -1.33. The van der Waals surface area contributed by atoms with Gasteiger partial charge in [-0.1, -0.05) is 0 Å². The molecular weight excluding hydrogens is 152 g/mol. The first-order valence-corrected chi connectivity index (χ1v) is 3.09. The third-order valence-corrected chi connectivity index (χ3v) is 1.03. The Morgan fingerprint density at radius 3 is 2.82 bits per heavy atom. The first-order chi connectivity index (χ1) is 5.16. The highest BCUT2D eigenvalue weighted by molar-refractivity contribution is 5.46. The Bertz CT molecular complexity index is 138. The van der Waals surface area contributed by atoms with Crippen molar-refractivity contribution in [2.24, 2.45) is 0 Å². The molecule has 6 heteroatoms. The van der Waals surface area contributed by atoms with Crippen molar-refractivity contribution in [3.8, 4) is 0 Å². The van der Waals surface area contributed by atoms with E-state index in [0.717, 1.165) is 0 Å². The first kappa shape index (κ1) is 9.67. The molecule has 64 valence electrons. The van der Waals surface area contributed by atoms with Crippen LogP contribution in [0, 0.1) is 10.1 Å². The zero-order valence-electron chi connectivity index (χ0n) is 6.23. The van der Waals surface area contributed by atoms with Crippen LogP contribution in [0.1, 0.15) is 6.42 Å². The fraction of sp³-hybridized carbons (Fsp3) is 0.800. The molecule has 0 saturated carbocycles. The van der Waals surface area contributed by atoms with Crippen molar-refractivity contribution in [1.29, 1.82) is 0 Å². The lowest BCUT2D eigenvalue weighted by molar-refractivity contribution is -0.757. The molecule has 0 N–H and O–H groups in total. The molecule has 0 aromatic carbocycles. The molecule has 6 nitrogen and oxygen atoms in total. The zero-order valence-corrected chi connectivity index (χ0v) is 6.23. The van der Waals surface area contributed by atoms with Crippen molar-refractivity contribution in [3.05, 3.63) is 10.1 Å². The first-order valence-electron chi connectivity index (χ1n) is 3.09. The van der Waals surface area contributed by atoms with Gasteiger partial charge in [-0.3, -0.25) is 4.79 Å². The number of nitrogens with zero attached hydrogens (tertiary/aromatic N) is 2. The molecule has 0 atom stereocenters. The number of carbonyl (C=O) groups excluding carboxylic acids is 1. The predicted molar refractivity (Wildman–Crippen MR) is 36.3 cm³/mol. The lowest BCUT2D eigenvalue weighted by Crippen LogP contribution is -2.19. The van der Waals surface area contributed by atoms with Crippen LogP contribution in [0.4, 0.5) is 0 Å².